The van der Waals surface area contributed by atoms with Gasteiger partial charge in [0.25, 0.3) is 5.91 Å². The Kier molecular flexibility index (Phi) is 6.87. The lowest BCUT2D eigenvalue weighted by atomic mass is 10.3. The number of anilines is 1. The van der Waals surface area contributed by atoms with Gasteiger partial charge < -0.3 is 5.32 Å². The molecule has 10 heteroatoms. The van der Waals surface area contributed by atoms with E-state index in [0.717, 1.165) is 0 Å². The van der Waals surface area contributed by atoms with E-state index >= 15 is 0 Å². The summed E-state index contributed by atoms with van der Waals surface area (Å²) in [5.74, 6) is -0.411. The van der Waals surface area contributed by atoms with Gasteiger partial charge >= 0.3 is 0 Å². The van der Waals surface area contributed by atoms with Crippen molar-refractivity contribution in [3.63, 3.8) is 0 Å². The Bertz CT molecular complexity index is 1160. The van der Waals surface area contributed by atoms with Crippen molar-refractivity contribution in [1.29, 1.82) is 0 Å². The van der Waals surface area contributed by atoms with Crippen LogP contribution in [0.3, 0.4) is 0 Å². The van der Waals surface area contributed by atoms with Gasteiger partial charge in [0.2, 0.25) is 10.0 Å². The Morgan fingerprint density at radius 2 is 1.93 bits per heavy atom. The van der Waals surface area contributed by atoms with Crippen molar-refractivity contribution >= 4 is 44.6 Å². The largest absolute Gasteiger partial charge is 0.320 e. The Morgan fingerprint density at radius 1 is 1.20 bits per heavy atom. The highest BCUT2D eigenvalue weighted by Gasteiger charge is 2.24. The molecule has 0 aliphatic rings. The van der Waals surface area contributed by atoms with Gasteiger partial charge in [-0.25, -0.2) is 13.4 Å². The predicted octanol–water partition coefficient (Wildman–Crippen LogP) is 4.45. The molecule has 158 valence electrons. The molecule has 0 aliphatic heterocycles. The van der Waals surface area contributed by atoms with Crippen LogP contribution in [0.25, 0.3) is 10.7 Å². The van der Waals surface area contributed by atoms with Crippen LogP contribution < -0.4 is 5.32 Å². The van der Waals surface area contributed by atoms with Crippen molar-refractivity contribution in [2.24, 2.45) is 0 Å². The van der Waals surface area contributed by atoms with E-state index in [9.17, 15) is 13.2 Å². The highest BCUT2D eigenvalue weighted by atomic mass is 35.5. The SMILES string of the molecule is CCN(CC)S(=O)(=O)c1ccc(Cl)c(NC(=O)c2sc(-c3ccccn3)nc2C)c1. The third kappa shape index (κ3) is 4.54. The molecular weight excluding hydrogens is 444 g/mol. The number of benzene rings is 1. The van der Waals surface area contributed by atoms with Crippen LogP contribution in [0.15, 0.2) is 47.5 Å². The maximum Gasteiger partial charge on any atom is 0.267 e. The van der Waals surface area contributed by atoms with Gasteiger partial charge in [-0.3, -0.25) is 9.78 Å². The first kappa shape index (κ1) is 22.4. The van der Waals surface area contributed by atoms with Gasteiger partial charge in [-0.1, -0.05) is 31.5 Å². The molecule has 2 heterocycles. The summed E-state index contributed by atoms with van der Waals surface area (Å²) in [6.07, 6.45) is 1.66. The molecule has 30 heavy (non-hydrogen) atoms. The number of hydrogen-bond donors (Lipinski definition) is 1. The Balaban J connectivity index is 1.90. The van der Waals surface area contributed by atoms with Crippen LogP contribution in [0, 0.1) is 6.92 Å². The zero-order valence-corrected chi connectivity index (χ0v) is 19.1. The lowest BCUT2D eigenvalue weighted by molar-refractivity contribution is 0.102. The standard InChI is InChI=1S/C20H21ClN4O3S2/c1-4-25(5-2)30(27,28)14-9-10-15(21)17(12-14)24-19(26)18-13(3)23-20(29-18)16-8-6-7-11-22-16/h6-12H,4-5H2,1-3H3,(H,24,26). The van der Waals surface area contributed by atoms with Gasteiger partial charge in [0.15, 0.2) is 0 Å². The number of aromatic nitrogens is 2. The Hall–Kier alpha value is -2.33. The smallest absolute Gasteiger partial charge is 0.267 e. The van der Waals surface area contributed by atoms with Gasteiger partial charge in [-0.05, 0) is 37.3 Å². The van der Waals surface area contributed by atoms with Gasteiger partial charge in [0.05, 0.1) is 27.0 Å². The van der Waals surface area contributed by atoms with Gasteiger partial charge in [-0.2, -0.15) is 4.31 Å². The summed E-state index contributed by atoms with van der Waals surface area (Å²) >= 11 is 7.43. The number of carbonyl (C=O) groups excluding carboxylic acids is 1. The topological polar surface area (TPSA) is 92.3 Å². The molecule has 0 spiro atoms. The molecule has 0 aliphatic carbocycles. The minimum Gasteiger partial charge on any atom is -0.320 e. The molecule has 1 N–H and O–H groups in total. The summed E-state index contributed by atoms with van der Waals surface area (Å²) in [7, 11) is -3.68. The van der Waals surface area contributed by atoms with Crippen molar-refractivity contribution in [3.8, 4) is 10.7 Å². The summed E-state index contributed by atoms with van der Waals surface area (Å²) in [6.45, 7) is 5.97. The zero-order valence-electron chi connectivity index (χ0n) is 16.7. The van der Waals surface area contributed by atoms with E-state index in [1.54, 1.807) is 33.0 Å². The summed E-state index contributed by atoms with van der Waals surface area (Å²) in [6, 6.07) is 9.75. The van der Waals surface area contributed by atoms with Crippen LogP contribution in [-0.4, -0.2) is 41.7 Å². The molecule has 0 saturated heterocycles. The molecule has 0 unspecified atom stereocenters. The van der Waals surface area contributed by atoms with E-state index in [1.807, 2.05) is 12.1 Å². The molecule has 0 radical (unpaired) electrons. The molecule has 7 nitrogen and oxygen atoms in total. The number of carbonyl (C=O) groups is 1. The quantitative estimate of drug-likeness (QED) is 0.557. The number of nitrogens with zero attached hydrogens (tertiary/aromatic N) is 3. The van der Waals surface area contributed by atoms with E-state index < -0.39 is 15.9 Å². The van der Waals surface area contributed by atoms with Crippen LogP contribution in [0.5, 0.6) is 0 Å². The van der Waals surface area contributed by atoms with Crippen molar-refractivity contribution < 1.29 is 13.2 Å². The lowest BCUT2D eigenvalue weighted by Gasteiger charge is -2.19. The zero-order chi connectivity index (χ0) is 21.9. The monoisotopic (exact) mass is 464 g/mol. The minimum absolute atomic E-state index is 0.0705. The molecule has 2 aromatic heterocycles. The van der Waals surface area contributed by atoms with E-state index in [1.165, 1.54) is 33.8 Å². The van der Waals surface area contributed by atoms with E-state index in [-0.39, 0.29) is 15.6 Å². The number of aryl methyl sites for hydroxylation is 1. The average molecular weight is 465 g/mol. The van der Waals surface area contributed by atoms with Crippen molar-refractivity contribution in [2.75, 3.05) is 18.4 Å². The molecule has 0 atom stereocenters. The number of rotatable bonds is 7. The Morgan fingerprint density at radius 3 is 2.57 bits per heavy atom. The molecule has 1 aromatic carbocycles. The van der Waals surface area contributed by atoms with Crippen molar-refractivity contribution in [3.05, 3.63) is 58.2 Å². The van der Waals surface area contributed by atoms with Gasteiger partial charge in [0, 0.05) is 19.3 Å². The fourth-order valence-corrected chi connectivity index (χ4v) is 5.45. The normalized spacial score (nSPS) is 11.6. The molecule has 1 amide bonds. The minimum atomic E-state index is -3.68. The second kappa shape index (κ2) is 9.22. The lowest BCUT2D eigenvalue weighted by Crippen LogP contribution is -2.30. The number of hydrogen-bond acceptors (Lipinski definition) is 6. The van der Waals surface area contributed by atoms with E-state index in [2.05, 4.69) is 15.3 Å². The number of amides is 1. The molecule has 0 bridgehead atoms. The van der Waals surface area contributed by atoms with Crippen LogP contribution in [0.4, 0.5) is 5.69 Å². The summed E-state index contributed by atoms with van der Waals surface area (Å²) in [5, 5.41) is 3.59. The molecular formula is C20H21ClN4O3S2. The van der Waals surface area contributed by atoms with Crippen LogP contribution in [0.1, 0.15) is 29.2 Å². The fourth-order valence-electron chi connectivity index (χ4n) is 2.86. The number of sulfonamides is 1. The summed E-state index contributed by atoms with van der Waals surface area (Å²) < 4.78 is 26.9. The molecule has 0 saturated carbocycles. The van der Waals surface area contributed by atoms with Crippen molar-refractivity contribution in [2.45, 2.75) is 25.7 Å². The molecule has 3 rings (SSSR count). The third-order valence-electron chi connectivity index (χ3n) is 4.42. The van der Waals surface area contributed by atoms with E-state index in [4.69, 9.17) is 11.6 Å². The maximum atomic E-state index is 12.9. The predicted molar refractivity (Wildman–Crippen MR) is 120 cm³/mol. The number of thiazole rings is 1. The van der Waals surface area contributed by atoms with Gasteiger partial charge in [-0.15, -0.1) is 11.3 Å². The second-order valence-corrected chi connectivity index (χ2v) is 9.68. The third-order valence-corrected chi connectivity index (χ3v) is 7.97. The van der Waals surface area contributed by atoms with Crippen LogP contribution in [-0.2, 0) is 10.0 Å². The molecule has 3 aromatic rings. The van der Waals surface area contributed by atoms with Gasteiger partial charge in [0.1, 0.15) is 9.88 Å². The number of pyridine rings is 1. The number of halogens is 1. The van der Waals surface area contributed by atoms with E-state index in [0.29, 0.717) is 34.4 Å². The first-order valence-electron chi connectivity index (χ1n) is 9.27. The fraction of sp³-hybridized carbons (Fsp3) is 0.250. The first-order valence-corrected chi connectivity index (χ1v) is 11.9. The van der Waals surface area contributed by atoms with Crippen LogP contribution >= 0.6 is 22.9 Å². The highest BCUT2D eigenvalue weighted by molar-refractivity contribution is 7.89. The van der Waals surface area contributed by atoms with Crippen LogP contribution in [0.2, 0.25) is 5.02 Å². The van der Waals surface area contributed by atoms with Crippen molar-refractivity contribution in [1.82, 2.24) is 14.3 Å². The maximum absolute atomic E-state index is 12.9. The molecule has 0 fully saturated rings. The highest BCUT2D eigenvalue weighted by Crippen LogP contribution is 2.30. The average Bonchev–Trinajstić information content (AvgIpc) is 3.12. The first-order chi connectivity index (χ1) is 14.3. The Labute approximate surface area is 184 Å². The summed E-state index contributed by atoms with van der Waals surface area (Å²) in [5.41, 5.74) is 1.46. The second-order valence-electron chi connectivity index (χ2n) is 6.33. The summed E-state index contributed by atoms with van der Waals surface area (Å²) in [4.78, 5) is 22.0. The number of nitrogens with one attached hydrogen (secondary N) is 1.